The summed E-state index contributed by atoms with van der Waals surface area (Å²) < 4.78 is 13.9. The van der Waals surface area contributed by atoms with Crippen LogP contribution in [0.15, 0.2) is 12.1 Å². The van der Waals surface area contributed by atoms with E-state index in [4.69, 9.17) is 12.2 Å². The lowest BCUT2D eigenvalue weighted by atomic mass is 9.92. The summed E-state index contributed by atoms with van der Waals surface area (Å²) in [6.07, 6.45) is 0. The number of aliphatic hydroxyl groups is 1. The molecule has 114 valence electrons. The topological polar surface area (TPSA) is 80.9 Å². The number of carbonyl (C=O) groups is 1. The first-order valence-corrected chi connectivity index (χ1v) is 7.03. The van der Waals surface area contributed by atoms with Gasteiger partial charge in [0.15, 0.2) is 4.77 Å². The van der Waals surface area contributed by atoms with Gasteiger partial charge in [-0.05, 0) is 37.2 Å². The minimum atomic E-state index is -1.03. The zero-order valence-corrected chi connectivity index (χ0v) is 12.9. The van der Waals surface area contributed by atoms with Crippen molar-refractivity contribution in [2.75, 3.05) is 6.54 Å². The fourth-order valence-electron chi connectivity index (χ4n) is 1.84. The van der Waals surface area contributed by atoms with Crippen molar-refractivity contribution in [1.82, 2.24) is 15.3 Å². The first kappa shape index (κ1) is 15.7. The number of rotatable bonds is 4. The van der Waals surface area contributed by atoms with Crippen molar-refractivity contribution >= 4 is 29.2 Å². The fraction of sp³-hybridized carbons (Fsp3) is 0.429. The Morgan fingerprint density at radius 2 is 2.14 bits per heavy atom. The van der Waals surface area contributed by atoms with Crippen molar-refractivity contribution in [3.8, 4) is 0 Å². The SMILES string of the molecule is CC(C)C(C)(O)CNC(=O)c1cc(F)cc2[nH]c(=S)[nH]c12. The predicted octanol–water partition coefficient (Wildman–Crippen LogP) is 2.50. The Morgan fingerprint density at radius 1 is 1.48 bits per heavy atom. The maximum Gasteiger partial charge on any atom is 0.253 e. The van der Waals surface area contributed by atoms with Crippen LogP contribution in [-0.4, -0.2) is 33.1 Å². The Bertz CT molecular complexity index is 733. The molecule has 0 aliphatic carbocycles. The van der Waals surface area contributed by atoms with Gasteiger partial charge >= 0.3 is 0 Å². The monoisotopic (exact) mass is 311 g/mol. The first-order chi connectivity index (χ1) is 9.70. The van der Waals surface area contributed by atoms with E-state index in [1.54, 1.807) is 6.92 Å². The molecule has 0 bridgehead atoms. The van der Waals surface area contributed by atoms with E-state index < -0.39 is 17.3 Å². The van der Waals surface area contributed by atoms with Gasteiger partial charge in [-0.15, -0.1) is 0 Å². The molecule has 4 N–H and O–H groups in total. The van der Waals surface area contributed by atoms with Crippen LogP contribution in [0.4, 0.5) is 4.39 Å². The van der Waals surface area contributed by atoms with Crippen molar-refractivity contribution in [2.45, 2.75) is 26.4 Å². The molecule has 1 heterocycles. The second-order valence-corrected chi connectivity index (χ2v) is 6.06. The molecule has 1 aromatic heterocycles. The van der Waals surface area contributed by atoms with Crippen molar-refractivity contribution < 1.29 is 14.3 Å². The van der Waals surface area contributed by atoms with Crippen LogP contribution in [0, 0.1) is 16.5 Å². The Morgan fingerprint density at radius 3 is 2.76 bits per heavy atom. The molecule has 0 spiro atoms. The highest BCUT2D eigenvalue weighted by Crippen LogP contribution is 2.19. The molecule has 1 atom stereocenters. The van der Waals surface area contributed by atoms with Gasteiger partial charge in [0.1, 0.15) is 5.82 Å². The summed E-state index contributed by atoms with van der Waals surface area (Å²) in [6, 6.07) is 2.41. The second-order valence-electron chi connectivity index (χ2n) is 5.65. The molecule has 1 amide bonds. The molecule has 2 rings (SSSR count). The Kier molecular flexibility index (Phi) is 4.15. The molecule has 0 fully saturated rings. The molecule has 5 nitrogen and oxygen atoms in total. The van der Waals surface area contributed by atoms with E-state index in [1.807, 2.05) is 13.8 Å². The van der Waals surface area contributed by atoms with Gasteiger partial charge in [-0.2, -0.15) is 0 Å². The summed E-state index contributed by atoms with van der Waals surface area (Å²) in [5.74, 6) is -1.03. The summed E-state index contributed by atoms with van der Waals surface area (Å²) in [7, 11) is 0. The van der Waals surface area contributed by atoms with E-state index in [-0.39, 0.29) is 18.0 Å². The summed E-state index contributed by atoms with van der Waals surface area (Å²) >= 11 is 4.96. The lowest BCUT2D eigenvalue weighted by molar-refractivity contribution is 0.0142. The third-order valence-corrected chi connectivity index (χ3v) is 3.89. The largest absolute Gasteiger partial charge is 0.388 e. The van der Waals surface area contributed by atoms with Gasteiger partial charge in [0.2, 0.25) is 0 Å². The van der Waals surface area contributed by atoms with Crippen LogP contribution in [-0.2, 0) is 0 Å². The number of H-pyrrole nitrogens is 2. The quantitative estimate of drug-likeness (QED) is 0.655. The summed E-state index contributed by atoms with van der Waals surface area (Å²) in [5.41, 5.74) is -0.00610. The number of hydrogen-bond donors (Lipinski definition) is 4. The summed E-state index contributed by atoms with van der Waals surface area (Å²) in [5, 5.41) is 12.8. The van der Waals surface area contributed by atoms with Gasteiger partial charge in [0.25, 0.3) is 5.91 Å². The van der Waals surface area contributed by atoms with Gasteiger partial charge in [0.05, 0.1) is 22.2 Å². The highest BCUT2D eigenvalue weighted by atomic mass is 32.1. The highest BCUT2D eigenvalue weighted by Gasteiger charge is 2.26. The first-order valence-electron chi connectivity index (χ1n) is 6.63. The number of carbonyl (C=O) groups excluding carboxylic acids is 1. The molecule has 7 heteroatoms. The smallest absolute Gasteiger partial charge is 0.253 e. The van der Waals surface area contributed by atoms with Crippen LogP contribution in [0.5, 0.6) is 0 Å². The van der Waals surface area contributed by atoms with Crippen LogP contribution in [0.1, 0.15) is 31.1 Å². The molecule has 0 aliphatic rings. The minimum absolute atomic E-state index is 0.0246. The van der Waals surface area contributed by atoms with Crippen LogP contribution in [0.2, 0.25) is 0 Å². The molecule has 21 heavy (non-hydrogen) atoms. The summed E-state index contributed by atoms with van der Waals surface area (Å²) in [6.45, 7) is 5.43. The van der Waals surface area contributed by atoms with Crippen LogP contribution >= 0.6 is 12.2 Å². The number of halogens is 1. The van der Waals surface area contributed by atoms with E-state index in [0.29, 0.717) is 15.8 Å². The van der Waals surface area contributed by atoms with Gasteiger partial charge in [-0.25, -0.2) is 4.39 Å². The summed E-state index contributed by atoms with van der Waals surface area (Å²) in [4.78, 5) is 17.8. The molecule has 0 saturated carbocycles. The molecule has 0 saturated heterocycles. The van der Waals surface area contributed by atoms with Gasteiger partial charge in [-0.1, -0.05) is 13.8 Å². The average molecular weight is 311 g/mol. The fourth-order valence-corrected chi connectivity index (χ4v) is 2.06. The van der Waals surface area contributed by atoms with Crippen molar-refractivity contribution in [3.05, 3.63) is 28.3 Å². The third kappa shape index (κ3) is 3.30. The van der Waals surface area contributed by atoms with E-state index in [2.05, 4.69) is 15.3 Å². The molecule has 0 radical (unpaired) electrons. The predicted molar refractivity (Wildman–Crippen MR) is 81.2 cm³/mol. The van der Waals surface area contributed by atoms with Crippen LogP contribution in [0.3, 0.4) is 0 Å². The number of aromatic amines is 2. The standard InChI is InChI=1S/C14H18FN3O2S/c1-7(2)14(3,20)6-16-12(19)9-4-8(15)5-10-11(9)18-13(21)17-10/h4-5,7,20H,6H2,1-3H3,(H,16,19)(H2,17,18,21). The van der Waals surface area contributed by atoms with Gasteiger partial charge < -0.3 is 20.4 Å². The van der Waals surface area contributed by atoms with Crippen molar-refractivity contribution in [2.24, 2.45) is 5.92 Å². The van der Waals surface area contributed by atoms with E-state index in [0.717, 1.165) is 6.07 Å². The number of hydrogen-bond acceptors (Lipinski definition) is 3. The highest BCUT2D eigenvalue weighted by molar-refractivity contribution is 7.71. The molecule has 1 aromatic carbocycles. The zero-order valence-electron chi connectivity index (χ0n) is 12.1. The van der Waals surface area contributed by atoms with Crippen LogP contribution in [0.25, 0.3) is 11.0 Å². The molecule has 1 unspecified atom stereocenters. The number of nitrogens with one attached hydrogen (secondary N) is 3. The number of benzene rings is 1. The second kappa shape index (κ2) is 5.57. The van der Waals surface area contributed by atoms with Crippen molar-refractivity contribution in [1.29, 1.82) is 0 Å². The Balaban J connectivity index is 2.29. The average Bonchev–Trinajstić information content (AvgIpc) is 2.74. The molecular weight excluding hydrogens is 293 g/mol. The van der Waals surface area contributed by atoms with E-state index in [1.165, 1.54) is 6.07 Å². The Labute approximate surface area is 126 Å². The number of aromatic nitrogens is 2. The number of imidazole rings is 1. The Hall–Kier alpha value is -1.73. The minimum Gasteiger partial charge on any atom is -0.388 e. The maximum atomic E-state index is 13.6. The third-order valence-electron chi connectivity index (χ3n) is 3.69. The number of amides is 1. The lowest BCUT2D eigenvalue weighted by Gasteiger charge is -2.27. The molecule has 0 aliphatic heterocycles. The zero-order chi connectivity index (χ0) is 15.8. The maximum absolute atomic E-state index is 13.6. The van der Waals surface area contributed by atoms with Gasteiger partial charge in [-0.3, -0.25) is 4.79 Å². The van der Waals surface area contributed by atoms with Crippen molar-refractivity contribution in [3.63, 3.8) is 0 Å². The van der Waals surface area contributed by atoms with Gasteiger partial charge in [0, 0.05) is 6.54 Å². The lowest BCUT2D eigenvalue weighted by Crippen LogP contribution is -2.44. The molecule has 2 aromatic rings. The number of fused-ring (bicyclic) bond motifs is 1. The normalized spacial score (nSPS) is 14.4. The van der Waals surface area contributed by atoms with E-state index in [9.17, 15) is 14.3 Å². The van der Waals surface area contributed by atoms with E-state index >= 15 is 0 Å². The van der Waals surface area contributed by atoms with Crippen LogP contribution < -0.4 is 5.32 Å². The molecular formula is C14H18FN3O2S.